The summed E-state index contributed by atoms with van der Waals surface area (Å²) in [5, 5.41) is 6.77. The third-order valence-electron chi connectivity index (χ3n) is 5.25. The quantitative estimate of drug-likeness (QED) is 0.887. The van der Waals surface area contributed by atoms with Gasteiger partial charge in [0.2, 0.25) is 11.8 Å². The van der Waals surface area contributed by atoms with Gasteiger partial charge in [0.1, 0.15) is 0 Å². The number of carbonyl (C=O) groups excluding carboxylic acids is 1. The molecule has 1 aromatic heterocycles. The van der Waals surface area contributed by atoms with E-state index in [-0.39, 0.29) is 5.91 Å². The van der Waals surface area contributed by atoms with Crippen molar-refractivity contribution in [2.24, 2.45) is 29.6 Å². The normalized spacial score (nSPS) is 38.3. The molecule has 1 N–H and O–H groups in total. The molecule has 0 spiro atoms. The third-order valence-corrected chi connectivity index (χ3v) is 5.25. The molecule has 3 fully saturated rings. The molecule has 102 valence electrons. The number of rotatable bonds is 4. The van der Waals surface area contributed by atoms with Gasteiger partial charge in [-0.15, -0.1) is 0 Å². The Labute approximate surface area is 112 Å². The maximum atomic E-state index is 12.2. The van der Waals surface area contributed by atoms with E-state index in [0.717, 1.165) is 11.8 Å². The van der Waals surface area contributed by atoms with E-state index in [1.165, 1.54) is 19.3 Å². The Morgan fingerprint density at radius 2 is 2.11 bits per heavy atom. The van der Waals surface area contributed by atoms with Gasteiger partial charge in [-0.1, -0.05) is 5.16 Å². The van der Waals surface area contributed by atoms with Crippen LogP contribution in [0.5, 0.6) is 0 Å². The van der Waals surface area contributed by atoms with E-state index < -0.39 is 0 Å². The fraction of sp³-hybridized carbons (Fsp3) is 0.786. The maximum Gasteiger partial charge on any atom is 0.228 e. The van der Waals surface area contributed by atoms with Crippen molar-refractivity contribution in [1.29, 1.82) is 0 Å². The van der Waals surface area contributed by atoms with Gasteiger partial charge in [0.05, 0.1) is 0 Å². The lowest BCUT2D eigenvalue weighted by molar-refractivity contribution is -0.123. The molecule has 0 aromatic carbocycles. The summed E-state index contributed by atoms with van der Waals surface area (Å²) < 4.78 is 5.03. The van der Waals surface area contributed by atoms with E-state index in [1.54, 1.807) is 6.92 Å². The summed E-state index contributed by atoms with van der Waals surface area (Å²) in [6.07, 6.45) is 4.73. The van der Waals surface area contributed by atoms with Gasteiger partial charge < -0.3 is 9.84 Å². The van der Waals surface area contributed by atoms with Gasteiger partial charge in [0, 0.05) is 18.9 Å². The zero-order valence-corrected chi connectivity index (χ0v) is 11.1. The summed E-state index contributed by atoms with van der Waals surface area (Å²) in [5.74, 6) is 4.95. The van der Waals surface area contributed by atoms with Crippen molar-refractivity contribution >= 4 is 5.91 Å². The molecule has 1 amide bonds. The van der Waals surface area contributed by atoms with Gasteiger partial charge in [-0.2, -0.15) is 4.98 Å². The Kier molecular flexibility index (Phi) is 2.44. The molecule has 1 heterocycles. The highest BCUT2D eigenvalue weighted by Gasteiger charge is 2.67. The first-order chi connectivity index (χ1) is 9.24. The minimum Gasteiger partial charge on any atom is -0.355 e. The average Bonchev–Trinajstić information content (AvgIpc) is 2.74. The van der Waals surface area contributed by atoms with Gasteiger partial charge >= 0.3 is 0 Å². The Morgan fingerprint density at radius 3 is 2.74 bits per heavy atom. The van der Waals surface area contributed by atoms with Crippen LogP contribution in [0.15, 0.2) is 4.52 Å². The molecule has 3 aliphatic rings. The lowest BCUT2D eigenvalue weighted by Gasteiger charge is -2.08. The molecule has 0 saturated heterocycles. The van der Waals surface area contributed by atoms with Crippen molar-refractivity contribution in [2.75, 3.05) is 6.54 Å². The van der Waals surface area contributed by atoms with E-state index in [2.05, 4.69) is 15.5 Å². The number of aryl methyl sites for hydroxylation is 1. The zero-order chi connectivity index (χ0) is 13.0. The smallest absolute Gasteiger partial charge is 0.228 e. The molecule has 5 nitrogen and oxygen atoms in total. The molecular weight excluding hydrogens is 242 g/mol. The molecule has 4 rings (SSSR count). The molecule has 3 saturated carbocycles. The summed E-state index contributed by atoms with van der Waals surface area (Å²) in [7, 11) is 0. The van der Waals surface area contributed by atoms with E-state index in [0.29, 0.717) is 42.4 Å². The van der Waals surface area contributed by atoms with E-state index in [9.17, 15) is 4.79 Å². The first-order valence-corrected chi connectivity index (χ1v) is 7.31. The van der Waals surface area contributed by atoms with Crippen LogP contribution in [0.25, 0.3) is 0 Å². The molecule has 0 aliphatic heterocycles. The van der Waals surface area contributed by atoms with Crippen molar-refractivity contribution in [1.82, 2.24) is 15.5 Å². The Balaban J connectivity index is 1.27. The number of hydrogen-bond donors (Lipinski definition) is 1. The van der Waals surface area contributed by atoms with Crippen LogP contribution in [0.3, 0.4) is 0 Å². The number of hydrogen-bond acceptors (Lipinski definition) is 4. The van der Waals surface area contributed by atoms with Crippen molar-refractivity contribution in [3.8, 4) is 0 Å². The van der Waals surface area contributed by atoms with Crippen LogP contribution < -0.4 is 5.32 Å². The predicted octanol–water partition coefficient (Wildman–Crippen LogP) is 1.33. The molecule has 0 unspecified atom stereocenters. The molecule has 1 aromatic rings. The van der Waals surface area contributed by atoms with Crippen LogP contribution >= 0.6 is 0 Å². The first-order valence-electron chi connectivity index (χ1n) is 7.31. The van der Waals surface area contributed by atoms with Crippen molar-refractivity contribution in [3.63, 3.8) is 0 Å². The monoisotopic (exact) mass is 261 g/mol. The van der Waals surface area contributed by atoms with Crippen LogP contribution in [-0.2, 0) is 11.2 Å². The SMILES string of the molecule is Cc1noc(CCNC(=O)C2[C@H]3[C@H]4CC[C@@H](C4)[C@H]23)n1. The number of aromatic nitrogens is 2. The largest absolute Gasteiger partial charge is 0.355 e. The van der Waals surface area contributed by atoms with Gasteiger partial charge in [-0.25, -0.2) is 0 Å². The highest BCUT2D eigenvalue weighted by molar-refractivity contribution is 5.82. The molecule has 0 radical (unpaired) electrons. The van der Waals surface area contributed by atoms with Crippen molar-refractivity contribution in [2.45, 2.75) is 32.6 Å². The summed E-state index contributed by atoms with van der Waals surface area (Å²) in [6, 6.07) is 0. The Hall–Kier alpha value is -1.39. The number of nitrogens with zero attached hydrogens (tertiary/aromatic N) is 2. The molecule has 2 bridgehead atoms. The second kappa shape index (κ2) is 4.05. The van der Waals surface area contributed by atoms with Gasteiger partial charge in [0.25, 0.3) is 0 Å². The maximum absolute atomic E-state index is 12.2. The predicted molar refractivity (Wildman–Crippen MR) is 67.0 cm³/mol. The lowest BCUT2D eigenvalue weighted by Crippen LogP contribution is -2.29. The Bertz CT molecular complexity index is 497. The third kappa shape index (κ3) is 1.78. The Morgan fingerprint density at radius 1 is 1.37 bits per heavy atom. The first kappa shape index (κ1) is 11.4. The zero-order valence-electron chi connectivity index (χ0n) is 11.1. The number of carbonyl (C=O) groups is 1. The molecular formula is C14H19N3O2. The fourth-order valence-electron chi connectivity index (χ4n) is 4.53. The number of fused-ring (bicyclic) bond motifs is 5. The average molecular weight is 261 g/mol. The molecule has 5 heteroatoms. The molecule has 19 heavy (non-hydrogen) atoms. The lowest BCUT2D eigenvalue weighted by atomic mass is 10.0. The fourth-order valence-corrected chi connectivity index (χ4v) is 4.53. The van der Waals surface area contributed by atoms with Crippen molar-refractivity contribution < 1.29 is 9.32 Å². The van der Waals surface area contributed by atoms with Gasteiger partial charge in [-0.05, 0) is 49.9 Å². The van der Waals surface area contributed by atoms with Crippen LogP contribution in [0.1, 0.15) is 31.0 Å². The minimum absolute atomic E-state index is 0.253. The van der Waals surface area contributed by atoms with Crippen LogP contribution in [-0.4, -0.2) is 22.6 Å². The minimum atomic E-state index is 0.253. The van der Waals surface area contributed by atoms with Crippen LogP contribution in [0.4, 0.5) is 0 Å². The van der Waals surface area contributed by atoms with E-state index in [1.807, 2.05) is 0 Å². The molecule has 4 atom stereocenters. The topological polar surface area (TPSA) is 68.0 Å². The summed E-state index contributed by atoms with van der Waals surface area (Å²) in [4.78, 5) is 16.3. The standard InChI is InChI=1S/C14H19N3O2/c1-7-16-10(19-17-7)4-5-15-14(18)13-11-8-2-3-9(6-8)12(11)13/h8-9,11-13H,2-6H2,1H3,(H,15,18)/t8-,9-,11-,12-/m0/s1. The summed E-state index contributed by atoms with van der Waals surface area (Å²) in [5.41, 5.74) is 0. The highest BCUT2D eigenvalue weighted by Crippen LogP contribution is 2.69. The van der Waals surface area contributed by atoms with Gasteiger partial charge in [0.15, 0.2) is 5.82 Å². The second-order valence-corrected chi connectivity index (χ2v) is 6.29. The number of amides is 1. The van der Waals surface area contributed by atoms with E-state index >= 15 is 0 Å². The summed E-state index contributed by atoms with van der Waals surface area (Å²) in [6.45, 7) is 2.40. The van der Waals surface area contributed by atoms with Gasteiger partial charge in [-0.3, -0.25) is 4.79 Å². The molecule has 3 aliphatic carbocycles. The second-order valence-electron chi connectivity index (χ2n) is 6.29. The number of nitrogens with one attached hydrogen (secondary N) is 1. The van der Waals surface area contributed by atoms with Crippen LogP contribution in [0.2, 0.25) is 0 Å². The summed E-state index contributed by atoms with van der Waals surface area (Å²) >= 11 is 0. The van der Waals surface area contributed by atoms with Crippen molar-refractivity contribution in [3.05, 3.63) is 11.7 Å². The van der Waals surface area contributed by atoms with E-state index in [4.69, 9.17) is 4.52 Å². The van der Waals surface area contributed by atoms with Crippen LogP contribution in [0, 0.1) is 36.5 Å². The highest BCUT2D eigenvalue weighted by atomic mass is 16.5.